The van der Waals surface area contributed by atoms with Crippen molar-refractivity contribution in [2.24, 2.45) is 0 Å². The predicted molar refractivity (Wildman–Crippen MR) is 118 cm³/mol. The van der Waals surface area contributed by atoms with Crippen LogP contribution in [-0.4, -0.2) is 30.6 Å². The second-order valence-corrected chi connectivity index (χ2v) is 9.52. The first-order valence-electron chi connectivity index (χ1n) is 9.76. The van der Waals surface area contributed by atoms with E-state index in [-0.39, 0.29) is 18.9 Å². The predicted octanol–water partition coefficient (Wildman–Crippen LogP) is 3.57. The van der Waals surface area contributed by atoms with Crippen LogP contribution in [0.25, 0.3) is 10.7 Å². The topological polar surface area (TPSA) is 111 Å². The molecule has 0 radical (unpaired) electrons. The van der Waals surface area contributed by atoms with E-state index in [2.05, 4.69) is 14.9 Å². The van der Waals surface area contributed by atoms with Gasteiger partial charge in [0.1, 0.15) is 16.8 Å². The van der Waals surface area contributed by atoms with Gasteiger partial charge in [-0.15, -0.1) is 11.3 Å². The molecule has 0 saturated heterocycles. The third kappa shape index (κ3) is 5.69. The summed E-state index contributed by atoms with van der Waals surface area (Å²) in [5.41, 5.74) is 0.688. The molecule has 0 saturated carbocycles. The smallest absolute Gasteiger partial charge is 0.325 e. The van der Waals surface area contributed by atoms with E-state index in [4.69, 9.17) is 9.26 Å². The first-order chi connectivity index (χ1) is 15.9. The lowest BCUT2D eigenvalue weighted by molar-refractivity contribution is -0.147. The van der Waals surface area contributed by atoms with Crippen molar-refractivity contribution in [2.75, 3.05) is 0 Å². The quantitative estimate of drug-likeness (QED) is 0.359. The molecule has 2 aromatic heterocycles. The fourth-order valence-electron chi connectivity index (χ4n) is 2.99. The van der Waals surface area contributed by atoms with Gasteiger partial charge in [-0.1, -0.05) is 53.7 Å². The van der Waals surface area contributed by atoms with Crippen molar-refractivity contribution >= 4 is 27.3 Å². The molecule has 11 heteroatoms. The van der Waals surface area contributed by atoms with E-state index < -0.39 is 32.7 Å². The van der Waals surface area contributed by atoms with E-state index in [1.54, 1.807) is 30.3 Å². The van der Waals surface area contributed by atoms with Gasteiger partial charge in [-0.25, -0.2) is 12.8 Å². The van der Waals surface area contributed by atoms with Crippen LogP contribution in [-0.2, 0) is 32.6 Å². The molecule has 0 fully saturated rings. The number of nitrogens with zero attached hydrogens (tertiary/aromatic N) is 2. The van der Waals surface area contributed by atoms with Crippen molar-refractivity contribution < 1.29 is 26.9 Å². The van der Waals surface area contributed by atoms with Crippen molar-refractivity contribution in [1.29, 1.82) is 0 Å². The summed E-state index contributed by atoms with van der Waals surface area (Å²) in [6.45, 7) is -0.343. The summed E-state index contributed by atoms with van der Waals surface area (Å²) in [4.78, 5) is 17.2. The summed E-state index contributed by atoms with van der Waals surface area (Å²) >= 11 is 1.43. The minimum absolute atomic E-state index is 0.00235. The van der Waals surface area contributed by atoms with Crippen LogP contribution >= 0.6 is 11.3 Å². The van der Waals surface area contributed by atoms with E-state index in [1.807, 2.05) is 17.5 Å². The average molecular weight is 488 g/mol. The second-order valence-electron chi connectivity index (χ2n) is 6.89. The van der Waals surface area contributed by atoms with E-state index in [0.29, 0.717) is 11.4 Å². The molecule has 1 atom stereocenters. The molecule has 1 N–H and O–H groups in total. The van der Waals surface area contributed by atoms with Crippen LogP contribution in [0, 0.1) is 5.82 Å². The number of rotatable bonds is 9. The summed E-state index contributed by atoms with van der Waals surface area (Å²) in [6.07, 6.45) is -0.00235. The molecular formula is C22H18FN3O5S2. The maximum absolute atomic E-state index is 14.1. The number of ether oxygens (including phenoxy) is 1. The number of benzene rings is 2. The van der Waals surface area contributed by atoms with Crippen molar-refractivity contribution in [2.45, 2.75) is 24.0 Å². The van der Waals surface area contributed by atoms with Crippen molar-refractivity contribution in [3.05, 3.63) is 89.4 Å². The number of sulfonamides is 1. The van der Waals surface area contributed by atoms with Gasteiger partial charge in [0, 0.05) is 0 Å². The Morgan fingerprint density at radius 2 is 1.85 bits per heavy atom. The van der Waals surface area contributed by atoms with Crippen LogP contribution in [0.2, 0.25) is 0 Å². The Morgan fingerprint density at radius 1 is 1.09 bits per heavy atom. The summed E-state index contributed by atoms with van der Waals surface area (Å²) in [5, 5.41) is 5.70. The zero-order valence-electron chi connectivity index (χ0n) is 17.0. The third-order valence-electron chi connectivity index (χ3n) is 4.54. The van der Waals surface area contributed by atoms with Gasteiger partial charge in [-0.3, -0.25) is 4.79 Å². The fraction of sp³-hybridized carbons (Fsp3) is 0.136. The Balaban J connectivity index is 1.50. The molecule has 33 heavy (non-hydrogen) atoms. The van der Waals surface area contributed by atoms with Gasteiger partial charge >= 0.3 is 5.97 Å². The summed E-state index contributed by atoms with van der Waals surface area (Å²) < 4.78 is 52.2. The monoisotopic (exact) mass is 487 g/mol. The van der Waals surface area contributed by atoms with Crippen molar-refractivity contribution in [3.63, 3.8) is 0 Å². The van der Waals surface area contributed by atoms with Crippen molar-refractivity contribution in [1.82, 2.24) is 14.9 Å². The van der Waals surface area contributed by atoms with Gasteiger partial charge in [0.2, 0.25) is 15.8 Å². The van der Waals surface area contributed by atoms with E-state index >= 15 is 0 Å². The molecule has 4 aromatic rings. The number of halogens is 1. The highest BCUT2D eigenvalue weighted by molar-refractivity contribution is 7.89. The lowest BCUT2D eigenvalue weighted by Gasteiger charge is -2.18. The second kappa shape index (κ2) is 10.0. The minimum Gasteiger partial charge on any atom is -0.454 e. The molecule has 0 amide bonds. The van der Waals surface area contributed by atoms with E-state index in [9.17, 15) is 17.6 Å². The number of carbonyl (C=O) groups excluding carboxylic acids is 1. The molecule has 4 rings (SSSR count). The Morgan fingerprint density at radius 3 is 2.58 bits per heavy atom. The van der Waals surface area contributed by atoms with Gasteiger partial charge in [0.25, 0.3) is 5.89 Å². The maximum atomic E-state index is 14.1. The first kappa shape index (κ1) is 22.8. The Hall–Kier alpha value is -3.41. The highest BCUT2D eigenvalue weighted by atomic mass is 32.2. The highest BCUT2D eigenvalue weighted by Gasteiger charge is 2.29. The summed E-state index contributed by atoms with van der Waals surface area (Å²) in [6, 6.07) is 16.0. The molecule has 0 aliphatic rings. The lowest BCUT2D eigenvalue weighted by atomic mass is 10.1. The van der Waals surface area contributed by atoms with Crippen LogP contribution in [0.3, 0.4) is 0 Å². The lowest BCUT2D eigenvalue weighted by Crippen LogP contribution is -2.43. The van der Waals surface area contributed by atoms with Gasteiger partial charge in [-0.05, 0) is 35.6 Å². The van der Waals surface area contributed by atoms with E-state index in [0.717, 1.165) is 17.0 Å². The normalized spacial score (nSPS) is 12.4. The molecule has 2 heterocycles. The summed E-state index contributed by atoms with van der Waals surface area (Å²) in [5.74, 6) is -1.38. The number of aromatic nitrogens is 2. The zero-order chi connectivity index (χ0) is 23.3. The zero-order valence-corrected chi connectivity index (χ0v) is 18.7. The average Bonchev–Trinajstić information content (AvgIpc) is 3.50. The van der Waals surface area contributed by atoms with Crippen LogP contribution in [0.15, 0.2) is 81.5 Å². The number of hydrogen-bond acceptors (Lipinski definition) is 8. The van der Waals surface area contributed by atoms with Crippen LogP contribution < -0.4 is 4.72 Å². The number of thiophene rings is 1. The molecule has 170 valence electrons. The Labute approximate surface area is 193 Å². The minimum atomic E-state index is -4.34. The number of esters is 1. The molecule has 1 unspecified atom stereocenters. The molecule has 0 aliphatic heterocycles. The van der Waals surface area contributed by atoms with Gasteiger partial charge < -0.3 is 9.26 Å². The molecule has 8 nitrogen and oxygen atoms in total. The number of carbonyl (C=O) groups is 1. The first-order valence-corrected chi connectivity index (χ1v) is 12.1. The van der Waals surface area contributed by atoms with Crippen LogP contribution in [0.4, 0.5) is 4.39 Å². The highest BCUT2D eigenvalue weighted by Crippen LogP contribution is 2.21. The van der Waals surface area contributed by atoms with E-state index in [1.165, 1.54) is 23.5 Å². The Kier molecular flexibility index (Phi) is 6.92. The van der Waals surface area contributed by atoms with Crippen LogP contribution in [0.1, 0.15) is 11.5 Å². The maximum Gasteiger partial charge on any atom is 0.325 e. The SMILES string of the molecule is O=C(OCc1nc(-c2cccs2)no1)C(Cc1ccccc1)NS(=O)(=O)c1ccccc1F. The summed E-state index contributed by atoms with van der Waals surface area (Å²) in [7, 11) is -4.34. The third-order valence-corrected chi connectivity index (χ3v) is 6.91. The standard InChI is InChI=1S/C22H18FN3O5S2/c23-16-9-4-5-11-19(16)33(28,29)26-17(13-15-7-2-1-3-8-15)22(27)30-14-20-24-21(25-31-20)18-10-6-12-32-18/h1-12,17,26H,13-14H2. The molecular weight excluding hydrogens is 469 g/mol. The molecule has 2 aromatic carbocycles. The van der Waals surface area contributed by atoms with Gasteiger partial charge in [0.15, 0.2) is 6.61 Å². The number of hydrogen-bond donors (Lipinski definition) is 1. The molecule has 0 bridgehead atoms. The van der Waals surface area contributed by atoms with Crippen LogP contribution in [0.5, 0.6) is 0 Å². The van der Waals surface area contributed by atoms with Gasteiger partial charge in [0.05, 0.1) is 4.88 Å². The van der Waals surface area contributed by atoms with Crippen molar-refractivity contribution in [3.8, 4) is 10.7 Å². The fourth-order valence-corrected chi connectivity index (χ4v) is 4.90. The van der Waals surface area contributed by atoms with Gasteiger partial charge in [-0.2, -0.15) is 9.71 Å². The molecule has 0 spiro atoms. The number of nitrogens with one attached hydrogen (secondary N) is 1. The molecule has 0 aliphatic carbocycles. The Bertz CT molecular complexity index is 1330. The largest absolute Gasteiger partial charge is 0.454 e.